The molecule has 20 heavy (non-hydrogen) atoms. The van der Waals surface area contributed by atoms with Crippen LogP contribution < -0.4 is 4.57 Å². The Morgan fingerprint density at radius 3 is 2.00 bits per heavy atom. The first-order chi connectivity index (χ1) is 9.00. The number of rotatable bonds is 2. The molecule has 110 valence electrons. The van der Waals surface area contributed by atoms with Crippen molar-refractivity contribution in [1.29, 1.82) is 0 Å². The Morgan fingerprint density at radius 1 is 0.950 bits per heavy atom. The van der Waals surface area contributed by atoms with E-state index in [1.807, 2.05) is 4.98 Å². The minimum atomic E-state index is -6.36. The molecule has 0 spiro atoms. The van der Waals surface area contributed by atoms with Crippen molar-refractivity contribution in [3.05, 3.63) is 30.1 Å². The number of para-hydroxylation sites is 2. The van der Waals surface area contributed by atoms with Crippen LogP contribution in [0.4, 0.5) is 30.7 Å². The van der Waals surface area contributed by atoms with E-state index in [2.05, 4.69) is 0 Å². The molecule has 0 aliphatic rings. The van der Waals surface area contributed by atoms with Crippen LogP contribution in [0.2, 0.25) is 0 Å². The van der Waals surface area contributed by atoms with Gasteiger partial charge in [0.05, 0.1) is 7.05 Å². The van der Waals surface area contributed by atoms with Gasteiger partial charge in [0, 0.05) is 0 Å². The van der Waals surface area contributed by atoms with Gasteiger partial charge in [-0.25, -0.2) is 9.55 Å². The summed E-state index contributed by atoms with van der Waals surface area (Å²) in [7, 11) is 0.981. The highest BCUT2D eigenvalue weighted by molar-refractivity contribution is 5.71. The third kappa shape index (κ3) is 1.83. The first-order valence-electron chi connectivity index (χ1n) is 5.29. The molecule has 2 nitrogen and oxygen atoms in total. The third-order valence-corrected chi connectivity index (χ3v) is 2.90. The minimum absolute atomic E-state index is 0.0302. The van der Waals surface area contributed by atoms with Crippen molar-refractivity contribution in [2.45, 2.75) is 18.0 Å². The lowest BCUT2D eigenvalue weighted by Gasteiger charge is -2.25. The average Bonchev–Trinajstić information content (AvgIpc) is 2.66. The molecule has 1 N–H and O–H groups in total. The van der Waals surface area contributed by atoms with Crippen molar-refractivity contribution >= 4 is 11.0 Å². The van der Waals surface area contributed by atoms with Crippen LogP contribution >= 0.6 is 0 Å². The molecule has 1 aromatic carbocycles. The molecule has 0 aliphatic heterocycles. The average molecular weight is 301 g/mol. The van der Waals surface area contributed by atoms with E-state index in [1.165, 1.54) is 24.3 Å². The fourth-order valence-electron chi connectivity index (χ4n) is 1.82. The van der Waals surface area contributed by atoms with Crippen LogP contribution in [-0.4, -0.2) is 17.1 Å². The summed E-state index contributed by atoms with van der Waals surface area (Å²) in [6, 6.07) is 5.49. The molecule has 2 aromatic rings. The number of alkyl halides is 7. The third-order valence-electron chi connectivity index (χ3n) is 2.90. The fraction of sp³-hybridized carbons (Fsp3) is 0.364. The zero-order valence-corrected chi connectivity index (χ0v) is 9.90. The molecule has 1 aromatic heterocycles. The van der Waals surface area contributed by atoms with Crippen LogP contribution in [-0.2, 0) is 13.0 Å². The molecule has 0 fully saturated rings. The van der Waals surface area contributed by atoms with Gasteiger partial charge in [-0.3, -0.25) is 0 Å². The maximum absolute atomic E-state index is 13.6. The van der Waals surface area contributed by atoms with E-state index in [1.54, 1.807) is 0 Å². The summed E-state index contributed by atoms with van der Waals surface area (Å²) in [5, 5.41) is 0. The predicted molar refractivity (Wildman–Crippen MR) is 54.4 cm³/mol. The zero-order chi connectivity index (χ0) is 15.3. The van der Waals surface area contributed by atoms with Gasteiger partial charge in [-0.15, -0.1) is 0 Å². The number of aromatic nitrogens is 2. The maximum Gasteiger partial charge on any atom is 0.460 e. The lowest BCUT2D eigenvalue weighted by atomic mass is 10.1. The van der Waals surface area contributed by atoms with Gasteiger partial charge in [0.2, 0.25) is 0 Å². The quantitative estimate of drug-likeness (QED) is 0.649. The Balaban J connectivity index is 2.66. The summed E-state index contributed by atoms with van der Waals surface area (Å²) in [5.41, 5.74) is 0.114. The van der Waals surface area contributed by atoms with Crippen molar-refractivity contribution in [3.63, 3.8) is 0 Å². The van der Waals surface area contributed by atoms with E-state index in [0.717, 1.165) is 7.05 Å². The largest absolute Gasteiger partial charge is 0.460 e. The Hall–Kier alpha value is -1.80. The smallest absolute Gasteiger partial charge is 0.235 e. The number of aromatic amines is 1. The Labute approximate surface area is 107 Å². The topological polar surface area (TPSA) is 19.7 Å². The predicted octanol–water partition coefficient (Wildman–Crippen LogP) is 3.28. The van der Waals surface area contributed by atoms with Gasteiger partial charge >= 0.3 is 23.8 Å². The van der Waals surface area contributed by atoms with Crippen molar-refractivity contribution in [2.75, 3.05) is 0 Å². The molecule has 0 bridgehead atoms. The van der Waals surface area contributed by atoms with Crippen molar-refractivity contribution in [1.82, 2.24) is 4.98 Å². The minimum Gasteiger partial charge on any atom is -0.235 e. The second-order valence-corrected chi connectivity index (χ2v) is 4.20. The molecular formula is C11H8F7N2+. The van der Waals surface area contributed by atoms with Crippen molar-refractivity contribution in [2.24, 2.45) is 7.05 Å². The first-order valence-corrected chi connectivity index (χ1v) is 5.29. The summed E-state index contributed by atoms with van der Waals surface area (Å²) < 4.78 is 90.2. The summed E-state index contributed by atoms with van der Waals surface area (Å²) in [6.45, 7) is 0. The van der Waals surface area contributed by atoms with Crippen LogP contribution in [0, 0.1) is 0 Å². The number of aryl methyl sites for hydroxylation is 1. The van der Waals surface area contributed by atoms with Gasteiger partial charge in [-0.1, -0.05) is 12.1 Å². The number of imidazole rings is 1. The lowest BCUT2D eigenvalue weighted by Crippen LogP contribution is -2.54. The number of nitrogens with zero attached hydrogens (tertiary/aromatic N) is 1. The molecule has 0 saturated carbocycles. The van der Waals surface area contributed by atoms with Gasteiger partial charge in [-0.05, 0) is 12.1 Å². The molecule has 0 atom stereocenters. The fourth-order valence-corrected chi connectivity index (χ4v) is 1.82. The summed E-state index contributed by atoms with van der Waals surface area (Å²) in [6.07, 6.45) is -6.36. The molecule has 0 amide bonds. The Bertz CT molecular complexity index is 642. The molecule has 0 aliphatic carbocycles. The molecule has 0 unspecified atom stereocenters. The van der Waals surface area contributed by atoms with E-state index in [4.69, 9.17) is 0 Å². The highest BCUT2D eigenvalue weighted by atomic mass is 19.4. The summed E-state index contributed by atoms with van der Waals surface area (Å²) in [4.78, 5) is 1.92. The first kappa shape index (κ1) is 14.6. The van der Waals surface area contributed by atoms with Gasteiger partial charge < -0.3 is 0 Å². The van der Waals surface area contributed by atoms with Crippen molar-refractivity contribution in [3.8, 4) is 0 Å². The molecule has 0 saturated heterocycles. The van der Waals surface area contributed by atoms with Crippen LogP contribution in [0.3, 0.4) is 0 Å². The Kier molecular flexibility index (Phi) is 2.99. The maximum atomic E-state index is 13.6. The molecule has 0 radical (unpaired) electrons. The number of hydrogen-bond donors (Lipinski definition) is 1. The SMILES string of the molecule is C[n+]1c(C(F)(F)C(F)(F)C(F)(F)F)[nH]c2ccccc21. The normalized spacial score (nSPS) is 14.0. The number of hydrogen-bond acceptors (Lipinski definition) is 0. The number of H-pyrrole nitrogens is 1. The monoisotopic (exact) mass is 301 g/mol. The molecule has 2 rings (SSSR count). The highest BCUT2D eigenvalue weighted by Crippen LogP contribution is 2.50. The van der Waals surface area contributed by atoms with E-state index in [9.17, 15) is 30.7 Å². The number of halogens is 7. The number of fused-ring (bicyclic) bond motifs is 1. The Morgan fingerprint density at radius 2 is 1.50 bits per heavy atom. The van der Waals surface area contributed by atoms with E-state index in [-0.39, 0.29) is 11.0 Å². The summed E-state index contributed by atoms with van der Waals surface area (Å²) in [5.74, 6) is -13.1. The van der Waals surface area contributed by atoms with Crippen LogP contribution in [0.5, 0.6) is 0 Å². The van der Waals surface area contributed by atoms with Crippen LogP contribution in [0.1, 0.15) is 5.82 Å². The highest BCUT2D eigenvalue weighted by Gasteiger charge is 2.77. The lowest BCUT2D eigenvalue weighted by molar-refractivity contribution is -0.666. The van der Waals surface area contributed by atoms with Gasteiger partial charge in [-0.2, -0.15) is 30.7 Å². The molecule has 1 heterocycles. The molecule has 9 heteroatoms. The van der Waals surface area contributed by atoms with Gasteiger partial charge in [0.25, 0.3) is 0 Å². The van der Waals surface area contributed by atoms with E-state index < -0.39 is 23.8 Å². The van der Waals surface area contributed by atoms with E-state index in [0.29, 0.717) is 4.57 Å². The number of nitrogens with one attached hydrogen (secondary N) is 1. The van der Waals surface area contributed by atoms with Crippen LogP contribution in [0.15, 0.2) is 24.3 Å². The van der Waals surface area contributed by atoms with E-state index >= 15 is 0 Å². The molecular weight excluding hydrogens is 293 g/mol. The number of benzene rings is 1. The standard InChI is InChI=1S/C11H7F7N2/c1-20-7-5-3-2-4-6(7)19-8(20)9(12,13)10(14,15)11(16,17)18/h2-5H,1H3/p+1. The van der Waals surface area contributed by atoms with Gasteiger partial charge in [0.1, 0.15) is 0 Å². The second kappa shape index (κ2) is 4.10. The second-order valence-electron chi connectivity index (χ2n) is 4.20. The zero-order valence-electron chi connectivity index (χ0n) is 9.90. The van der Waals surface area contributed by atoms with Gasteiger partial charge in [0.15, 0.2) is 11.0 Å². The van der Waals surface area contributed by atoms with Crippen molar-refractivity contribution < 1.29 is 35.3 Å². The van der Waals surface area contributed by atoms with Crippen LogP contribution in [0.25, 0.3) is 11.0 Å². The summed E-state index contributed by atoms with van der Waals surface area (Å²) >= 11 is 0.